The van der Waals surface area contributed by atoms with E-state index in [-0.39, 0.29) is 16.9 Å². The van der Waals surface area contributed by atoms with Gasteiger partial charge in [0.25, 0.3) is 5.91 Å². The molecule has 3 aromatic rings. The average molecular weight is 443 g/mol. The summed E-state index contributed by atoms with van der Waals surface area (Å²) in [5.74, 6) is -0.617. The molecule has 0 bridgehead atoms. The number of hydrogen-bond acceptors (Lipinski definition) is 3. The summed E-state index contributed by atoms with van der Waals surface area (Å²) in [5.41, 5.74) is 1.45. The largest absolute Gasteiger partial charge is 0.352 e. The standard InChI is InChI=1S/C17H14BrClFN3OS/c1-10-15(17(24)21-9-8-13-6-7-14(18)25-13)16(19)23(22-10)12-4-2-11(20)3-5-12/h2-7H,8-9H2,1H3,(H,21,24). The molecule has 1 aromatic carbocycles. The average Bonchev–Trinajstić information content (AvgIpc) is 3.11. The Morgan fingerprint density at radius 2 is 2.04 bits per heavy atom. The van der Waals surface area contributed by atoms with E-state index in [0.29, 0.717) is 23.5 Å². The number of nitrogens with one attached hydrogen (secondary N) is 1. The molecule has 0 aliphatic carbocycles. The van der Waals surface area contributed by atoms with E-state index < -0.39 is 0 Å². The first-order valence-corrected chi connectivity index (χ1v) is 9.48. The Balaban J connectivity index is 1.73. The van der Waals surface area contributed by atoms with E-state index in [0.717, 1.165) is 10.2 Å². The van der Waals surface area contributed by atoms with Gasteiger partial charge >= 0.3 is 0 Å². The maximum atomic E-state index is 13.1. The Kier molecular flexibility index (Phi) is 5.56. The van der Waals surface area contributed by atoms with Gasteiger partial charge in [-0.15, -0.1) is 11.3 Å². The highest BCUT2D eigenvalue weighted by Gasteiger charge is 2.20. The van der Waals surface area contributed by atoms with E-state index in [9.17, 15) is 9.18 Å². The van der Waals surface area contributed by atoms with Crippen molar-refractivity contribution in [3.8, 4) is 5.69 Å². The minimum atomic E-state index is -0.345. The van der Waals surface area contributed by atoms with Crippen LogP contribution in [-0.4, -0.2) is 22.2 Å². The van der Waals surface area contributed by atoms with Crippen LogP contribution in [0.15, 0.2) is 40.2 Å². The maximum Gasteiger partial charge on any atom is 0.256 e. The van der Waals surface area contributed by atoms with E-state index in [1.54, 1.807) is 30.4 Å². The Hall–Kier alpha value is -1.70. The number of nitrogens with zero attached hydrogens (tertiary/aromatic N) is 2. The SMILES string of the molecule is Cc1nn(-c2ccc(F)cc2)c(Cl)c1C(=O)NCCc1ccc(Br)s1. The highest BCUT2D eigenvalue weighted by Crippen LogP contribution is 2.24. The molecule has 0 radical (unpaired) electrons. The highest BCUT2D eigenvalue weighted by atomic mass is 79.9. The van der Waals surface area contributed by atoms with Crippen molar-refractivity contribution in [1.29, 1.82) is 0 Å². The van der Waals surface area contributed by atoms with Gasteiger partial charge in [0, 0.05) is 11.4 Å². The first-order valence-electron chi connectivity index (χ1n) is 7.49. The Bertz CT molecular complexity index is 907. The van der Waals surface area contributed by atoms with Crippen molar-refractivity contribution in [3.05, 3.63) is 67.3 Å². The molecule has 0 atom stereocenters. The van der Waals surface area contributed by atoms with Crippen LogP contribution in [0, 0.1) is 12.7 Å². The van der Waals surface area contributed by atoms with Crippen molar-refractivity contribution in [2.75, 3.05) is 6.54 Å². The Morgan fingerprint density at radius 3 is 2.68 bits per heavy atom. The van der Waals surface area contributed by atoms with Crippen LogP contribution in [0.1, 0.15) is 20.9 Å². The van der Waals surface area contributed by atoms with Crippen molar-refractivity contribution in [1.82, 2.24) is 15.1 Å². The predicted molar refractivity (Wildman–Crippen MR) is 101 cm³/mol. The zero-order chi connectivity index (χ0) is 18.0. The summed E-state index contributed by atoms with van der Waals surface area (Å²) in [6, 6.07) is 9.76. The summed E-state index contributed by atoms with van der Waals surface area (Å²) in [7, 11) is 0. The van der Waals surface area contributed by atoms with Crippen molar-refractivity contribution < 1.29 is 9.18 Å². The van der Waals surface area contributed by atoms with E-state index in [4.69, 9.17) is 11.6 Å². The van der Waals surface area contributed by atoms with Gasteiger partial charge in [-0.05, 0) is 65.7 Å². The molecule has 1 N–H and O–H groups in total. The lowest BCUT2D eigenvalue weighted by atomic mass is 10.2. The number of hydrogen-bond donors (Lipinski definition) is 1. The van der Waals surface area contributed by atoms with E-state index in [1.165, 1.54) is 21.7 Å². The molecule has 0 aliphatic heterocycles. The van der Waals surface area contributed by atoms with Crippen molar-refractivity contribution in [2.24, 2.45) is 0 Å². The lowest BCUT2D eigenvalue weighted by Crippen LogP contribution is -2.26. The number of aryl methyl sites for hydroxylation is 1. The topological polar surface area (TPSA) is 46.9 Å². The lowest BCUT2D eigenvalue weighted by Gasteiger charge is -2.05. The van der Waals surface area contributed by atoms with E-state index in [1.807, 2.05) is 12.1 Å². The van der Waals surface area contributed by atoms with Gasteiger partial charge < -0.3 is 5.32 Å². The Labute approximate surface area is 161 Å². The molecule has 0 saturated heterocycles. The van der Waals surface area contributed by atoms with Gasteiger partial charge in [-0.25, -0.2) is 9.07 Å². The monoisotopic (exact) mass is 441 g/mol. The van der Waals surface area contributed by atoms with Gasteiger partial charge in [-0.1, -0.05) is 11.6 Å². The summed E-state index contributed by atoms with van der Waals surface area (Å²) in [5, 5.41) is 7.37. The fraction of sp³-hybridized carbons (Fsp3) is 0.176. The summed E-state index contributed by atoms with van der Waals surface area (Å²) in [6.45, 7) is 2.22. The number of carbonyl (C=O) groups excluding carboxylic acids is 1. The molecular weight excluding hydrogens is 429 g/mol. The molecule has 0 spiro atoms. The second-order valence-electron chi connectivity index (χ2n) is 5.35. The minimum absolute atomic E-state index is 0.209. The molecule has 0 aliphatic rings. The molecule has 4 nitrogen and oxygen atoms in total. The molecule has 2 aromatic heterocycles. The van der Waals surface area contributed by atoms with Crippen LogP contribution in [0.3, 0.4) is 0 Å². The zero-order valence-electron chi connectivity index (χ0n) is 13.2. The third-order valence-electron chi connectivity index (χ3n) is 3.59. The third kappa shape index (κ3) is 4.11. The fourth-order valence-corrected chi connectivity index (χ4v) is 4.22. The maximum absolute atomic E-state index is 13.1. The summed E-state index contributed by atoms with van der Waals surface area (Å²) < 4.78 is 15.6. The van der Waals surface area contributed by atoms with Gasteiger partial charge in [0.05, 0.1) is 20.7 Å². The number of carbonyl (C=O) groups is 1. The second-order valence-corrected chi connectivity index (χ2v) is 8.26. The molecule has 0 unspecified atom stereocenters. The number of aromatic nitrogens is 2. The van der Waals surface area contributed by atoms with Gasteiger partial charge in [0.1, 0.15) is 11.0 Å². The molecule has 1 amide bonds. The van der Waals surface area contributed by atoms with Gasteiger partial charge in [-0.2, -0.15) is 5.10 Å². The molecule has 8 heteroatoms. The van der Waals surface area contributed by atoms with Crippen molar-refractivity contribution in [2.45, 2.75) is 13.3 Å². The normalized spacial score (nSPS) is 10.9. The van der Waals surface area contributed by atoms with Crippen LogP contribution in [0.2, 0.25) is 5.15 Å². The highest BCUT2D eigenvalue weighted by molar-refractivity contribution is 9.11. The quantitative estimate of drug-likeness (QED) is 0.619. The molecule has 130 valence electrons. The van der Waals surface area contributed by atoms with Crippen LogP contribution in [0.25, 0.3) is 5.69 Å². The van der Waals surface area contributed by atoms with Crippen LogP contribution >= 0.6 is 38.9 Å². The third-order valence-corrected chi connectivity index (χ3v) is 5.62. The van der Waals surface area contributed by atoms with Crippen molar-refractivity contribution >= 4 is 44.8 Å². The smallest absolute Gasteiger partial charge is 0.256 e. The first-order chi connectivity index (χ1) is 12.0. The lowest BCUT2D eigenvalue weighted by molar-refractivity contribution is 0.0953. The second kappa shape index (κ2) is 7.68. The predicted octanol–water partition coefficient (Wildman–Crippen LogP) is 4.77. The molecule has 0 fully saturated rings. The fourth-order valence-electron chi connectivity index (χ4n) is 2.38. The van der Waals surface area contributed by atoms with E-state index in [2.05, 4.69) is 26.3 Å². The number of halogens is 3. The summed E-state index contributed by atoms with van der Waals surface area (Å²) in [4.78, 5) is 13.6. The first kappa shape index (κ1) is 18.1. The molecule has 3 rings (SSSR count). The Morgan fingerprint density at radius 1 is 1.32 bits per heavy atom. The van der Waals surface area contributed by atoms with Crippen LogP contribution < -0.4 is 5.32 Å². The van der Waals surface area contributed by atoms with Gasteiger partial charge in [0.15, 0.2) is 0 Å². The van der Waals surface area contributed by atoms with Gasteiger partial charge in [-0.3, -0.25) is 4.79 Å². The molecule has 0 saturated carbocycles. The number of thiophene rings is 1. The molecular formula is C17H14BrClFN3OS. The van der Waals surface area contributed by atoms with Crippen LogP contribution in [0.4, 0.5) is 4.39 Å². The zero-order valence-corrected chi connectivity index (χ0v) is 16.4. The number of rotatable bonds is 5. The number of amides is 1. The van der Waals surface area contributed by atoms with Gasteiger partial charge in [0.2, 0.25) is 0 Å². The van der Waals surface area contributed by atoms with E-state index >= 15 is 0 Å². The van der Waals surface area contributed by atoms with Crippen molar-refractivity contribution in [3.63, 3.8) is 0 Å². The summed E-state index contributed by atoms with van der Waals surface area (Å²) >= 11 is 11.4. The van der Waals surface area contributed by atoms with Crippen LogP contribution in [0.5, 0.6) is 0 Å². The number of benzene rings is 1. The minimum Gasteiger partial charge on any atom is -0.352 e. The molecule has 25 heavy (non-hydrogen) atoms. The van der Waals surface area contributed by atoms with Crippen LogP contribution in [-0.2, 0) is 6.42 Å². The summed E-state index contributed by atoms with van der Waals surface area (Å²) in [6.07, 6.45) is 0.741. The molecule has 2 heterocycles.